The Morgan fingerprint density at radius 3 is 2.19 bits per heavy atom. The molecule has 0 unspecified atom stereocenters. The zero-order valence-corrected chi connectivity index (χ0v) is 15.1. The van der Waals surface area contributed by atoms with Gasteiger partial charge < -0.3 is 11.5 Å². The molecule has 132 valence electrons. The van der Waals surface area contributed by atoms with Gasteiger partial charge >= 0.3 is 0 Å². The maximum Gasteiger partial charge on any atom is 0.222 e. The van der Waals surface area contributed by atoms with Crippen molar-refractivity contribution in [3.05, 3.63) is 83.9 Å². The summed E-state index contributed by atoms with van der Waals surface area (Å²) in [4.78, 5) is 23.2. The molecule has 0 aliphatic heterocycles. The number of hydrogen-bond acceptors (Lipinski definition) is 6. The molecule has 0 saturated heterocycles. The molecule has 0 radical (unpaired) electrons. The van der Waals surface area contributed by atoms with E-state index in [4.69, 9.17) is 11.5 Å². The molecule has 0 atom stereocenters. The third-order valence-electron chi connectivity index (χ3n) is 4.08. The number of fused-ring (bicyclic) bond motifs is 1. The van der Waals surface area contributed by atoms with E-state index in [1.165, 1.54) is 11.8 Å². The van der Waals surface area contributed by atoms with Gasteiger partial charge in [-0.15, -0.1) is 0 Å². The summed E-state index contributed by atoms with van der Waals surface area (Å²) < 4.78 is 0. The molecule has 3 aromatic carbocycles. The first kappa shape index (κ1) is 17.1. The van der Waals surface area contributed by atoms with Crippen LogP contribution in [0.2, 0.25) is 0 Å². The van der Waals surface area contributed by atoms with E-state index < -0.39 is 0 Å². The van der Waals surface area contributed by atoms with Crippen molar-refractivity contribution in [3.63, 3.8) is 0 Å². The van der Waals surface area contributed by atoms with E-state index in [1.54, 1.807) is 18.2 Å². The van der Waals surface area contributed by atoms with Crippen LogP contribution in [0.25, 0.3) is 10.9 Å². The largest absolute Gasteiger partial charge is 0.383 e. The maximum absolute atomic E-state index is 12.9. The maximum atomic E-state index is 12.9. The second-order valence-electron chi connectivity index (χ2n) is 5.95. The van der Waals surface area contributed by atoms with Gasteiger partial charge in [-0.05, 0) is 24.3 Å². The third-order valence-corrected chi connectivity index (χ3v) is 5.13. The molecule has 4 rings (SSSR count). The quantitative estimate of drug-likeness (QED) is 0.522. The van der Waals surface area contributed by atoms with Crippen LogP contribution in [-0.4, -0.2) is 15.8 Å². The van der Waals surface area contributed by atoms with E-state index in [-0.39, 0.29) is 11.7 Å². The molecule has 4 aromatic rings. The number of aromatic nitrogens is 2. The highest BCUT2D eigenvalue weighted by Crippen LogP contribution is 2.37. The third kappa shape index (κ3) is 3.47. The van der Waals surface area contributed by atoms with Crippen molar-refractivity contribution in [2.75, 3.05) is 11.5 Å². The van der Waals surface area contributed by atoms with Crippen LogP contribution in [0, 0.1) is 0 Å². The Morgan fingerprint density at radius 2 is 1.48 bits per heavy atom. The van der Waals surface area contributed by atoms with Gasteiger partial charge in [0, 0.05) is 20.9 Å². The van der Waals surface area contributed by atoms with Crippen LogP contribution in [-0.2, 0) is 0 Å². The summed E-state index contributed by atoms with van der Waals surface area (Å²) >= 11 is 1.51. The predicted octanol–water partition coefficient (Wildman–Crippen LogP) is 4.18. The van der Waals surface area contributed by atoms with Crippen LogP contribution in [0.1, 0.15) is 15.9 Å². The van der Waals surface area contributed by atoms with Gasteiger partial charge in [0.25, 0.3) is 0 Å². The minimum Gasteiger partial charge on any atom is -0.383 e. The van der Waals surface area contributed by atoms with E-state index in [9.17, 15) is 4.79 Å². The van der Waals surface area contributed by atoms with Gasteiger partial charge in [-0.3, -0.25) is 4.79 Å². The molecular weight excluding hydrogens is 356 g/mol. The lowest BCUT2D eigenvalue weighted by Gasteiger charge is -2.11. The summed E-state index contributed by atoms with van der Waals surface area (Å²) in [6.45, 7) is 0. The molecule has 1 heterocycles. The van der Waals surface area contributed by atoms with E-state index in [2.05, 4.69) is 9.97 Å². The minimum atomic E-state index is -0.0804. The van der Waals surface area contributed by atoms with E-state index in [1.807, 2.05) is 54.6 Å². The second-order valence-corrected chi connectivity index (χ2v) is 7.06. The molecule has 0 aliphatic rings. The number of nitrogens with zero attached hydrogens (tertiary/aromatic N) is 2. The van der Waals surface area contributed by atoms with E-state index in [0.29, 0.717) is 27.8 Å². The van der Waals surface area contributed by atoms with Gasteiger partial charge in [0.05, 0.1) is 10.9 Å². The van der Waals surface area contributed by atoms with Crippen LogP contribution >= 0.6 is 11.8 Å². The fourth-order valence-corrected chi connectivity index (χ4v) is 3.90. The van der Waals surface area contributed by atoms with Gasteiger partial charge in [0.2, 0.25) is 5.95 Å². The van der Waals surface area contributed by atoms with E-state index >= 15 is 0 Å². The van der Waals surface area contributed by atoms with Crippen molar-refractivity contribution in [1.29, 1.82) is 0 Å². The van der Waals surface area contributed by atoms with Crippen LogP contribution < -0.4 is 11.5 Å². The van der Waals surface area contributed by atoms with Crippen molar-refractivity contribution in [3.8, 4) is 0 Å². The number of nitrogens with two attached hydrogens (primary N) is 2. The molecule has 4 N–H and O–H groups in total. The van der Waals surface area contributed by atoms with E-state index in [0.717, 1.165) is 9.79 Å². The second kappa shape index (κ2) is 7.09. The van der Waals surface area contributed by atoms with Crippen molar-refractivity contribution in [2.24, 2.45) is 0 Å². The normalized spacial score (nSPS) is 10.8. The molecule has 0 saturated carbocycles. The Bertz CT molecular complexity index is 1130. The zero-order valence-electron chi connectivity index (χ0n) is 14.3. The van der Waals surface area contributed by atoms with Crippen molar-refractivity contribution in [2.45, 2.75) is 9.79 Å². The Hall–Kier alpha value is -3.38. The van der Waals surface area contributed by atoms with Gasteiger partial charge in [-0.2, -0.15) is 4.98 Å². The number of carbonyl (C=O) groups excluding carboxylic acids is 1. The number of carbonyl (C=O) groups is 1. The smallest absolute Gasteiger partial charge is 0.222 e. The highest BCUT2D eigenvalue weighted by molar-refractivity contribution is 7.99. The first-order chi connectivity index (χ1) is 13.1. The van der Waals surface area contributed by atoms with Crippen LogP contribution in [0.15, 0.2) is 82.6 Å². The molecule has 0 bridgehead atoms. The fourth-order valence-electron chi connectivity index (χ4n) is 2.86. The standard InChI is InChI=1S/C21H16N4OS/c22-20-18-16(24-21(23)25-20)11-14(19(26)13-7-3-1-4-8-13)12-17(18)27-15-9-5-2-6-10-15/h1-12H,(H4,22,23,24,25). The lowest BCUT2D eigenvalue weighted by Crippen LogP contribution is -2.05. The first-order valence-electron chi connectivity index (χ1n) is 8.31. The Labute approximate surface area is 160 Å². The molecule has 5 nitrogen and oxygen atoms in total. The van der Waals surface area contributed by atoms with Crippen molar-refractivity contribution < 1.29 is 4.79 Å². The van der Waals surface area contributed by atoms with Gasteiger partial charge in [0.15, 0.2) is 5.78 Å². The van der Waals surface area contributed by atoms with Gasteiger partial charge in [-0.1, -0.05) is 60.3 Å². The van der Waals surface area contributed by atoms with Crippen LogP contribution in [0.5, 0.6) is 0 Å². The number of benzene rings is 3. The number of ketones is 1. The SMILES string of the molecule is Nc1nc(N)c2c(Sc3ccccc3)cc(C(=O)c3ccccc3)cc2n1. The summed E-state index contributed by atoms with van der Waals surface area (Å²) in [5.41, 5.74) is 13.6. The molecule has 0 aliphatic carbocycles. The molecule has 6 heteroatoms. The number of rotatable bonds is 4. The molecule has 27 heavy (non-hydrogen) atoms. The highest BCUT2D eigenvalue weighted by Gasteiger charge is 2.16. The Balaban J connectivity index is 1.90. The first-order valence-corrected chi connectivity index (χ1v) is 9.13. The number of hydrogen-bond donors (Lipinski definition) is 2. The molecule has 0 spiro atoms. The summed E-state index contributed by atoms with van der Waals surface area (Å²) in [5, 5.41) is 0.697. The molecule has 0 amide bonds. The van der Waals surface area contributed by atoms with Crippen LogP contribution in [0.3, 0.4) is 0 Å². The topological polar surface area (TPSA) is 94.9 Å². The highest BCUT2D eigenvalue weighted by atomic mass is 32.2. The summed E-state index contributed by atoms with van der Waals surface area (Å²) in [6, 6.07) is 22.6. The summed E-state index contributed by atoms with van der Waals surface area (Å²) in [7, 11) is 0. The van der Waals surface area contributed by atoms with Crippen LogP contribution in [0.4, 0.5) is 11.8 Å². The number of nitrogen functional groups attached to an aromatic ring is 2. The van der Waals surface area contributed by atoms with Crippen molar-refractivity contribution in [1.82, 2.24) is 9.97 Å². The zero-order chi connectivity index (χ0) is 18.8. The molecule has 1 aromatic heterocycles. The molecule has 0 fully saturated rings. The summed E-state index contributed by atoms with van der Waals surface area (Å²) in [5.74, 6) is 0.303. The molecular formula is C21H16N4OS. The Kier molecular flexibility index (Phi) is 4.48. The summed E-state index contributed by atoms with van der Waals surface area (Å²) in [6.07, 6.45) is 0. The predicted molar refractivity (Wildman–Crippen MR) is 109 cm³/mol. The average molecular weight is 372 g/mol. The number of anilines is 2. The van der Waals surface area contributed by atoms with Crippen molar-refractivity contribution >= 4 is 40.2 Å². The fraction of sp³-hybridized carbons (Fsp3) is 0. The average Bonchev–Trinajstić information content (AvgIpc) is 2.68. The minimum absolute atomic E-state index is 0.0804. The monoisotopic (exact) mass is 372 g/mol. The lowest BCUT2D eigenvalue weighted by atomic mass is 10.0. The van der Waals surface area contributed by atoms with Gasteiger partial charge in [0.1, 0.15) is 5.82 Å². The lowest BCUT2D eigenvalue weighted by molar-refractivity contribution is 0.103. The Morgan fingerprint density at radius 1 is 0.815 bits per heavy atom. The van der Waals surface area contributed by atoms with Gasteiger partial charge in [-0.25, -0.2) is 4.98 Å².